The molecule has 0 spiro atoms. The van der Waals surface area contributed by atoms with Crippen LogP contribution in [0.25, 0.3) is 0 Å². The van der Waals surface area contributed by atoms with Crippen LogP contribution in [0.1, 0.15) is 115 Å². The van der Waals surface area contributed by atoms with Gasteiger partial charge in [0.1, 0.15) is 23.6 Å². The number of ether oxygens (including phenoxy) is 8. The number of likely N-dealkylation sites (N-methyl/N-ethyl adjacent to an activating group) is 1. The van der Waals surface area contributed by atoms with Crippen LogP contribution in [0.15, 0.2) is 0 Å². The lowest BCUT2D eigenvalue weighted by molar-refractivity contribution is -0.319. The number of aliphatic hydroxyl groups excluding tert-OH is 2. The summed E-state index contributed by atoms with van der Waals surface area (Å²) in [6, 6.07) is -0.443. The molecule has 60 heavy (non-hydrogen) atoms. The average Bonchev–Trinajstić information content (AvgIpc) is 3.17. The van der Waals surface area contributed by atoms with Gasteiger partial charge in [0, 0.05) is 31.3 Å². The molecule has 348 valence electrons. The van der Waals surface area contributed by atoms with E-state index in [2.05, 4.69) is 0 Å². The molecule has 3 heterocycles. The molecule has 3 aliphatic heterocycles. The van der Waals surface area contributed by atoms with E-state index in [0.29, 0.717) is 6.42 Å². The Labute approximate surface area is 356 Å². The van der Waals surface area contributed by atoms with Crippen molar-refractivity contribution in [3.8, 4) is 0 Å². The van der Waals surface area contributed by atoms with Crippen molar-refractivity contribution >= 4 is 23.7 Å². The highest BCUT2D eigenvalue weighted by Crippen LogP contribution is 2.41. The van der Waals surface area contributed by atoms with Gasteiger partial charge in [0.2, 0.25) is 0 Å². The van der Waals surface area contributed by atoms with Gasteiger partial charge in [0.15, 0.2) is 18.7 Å². The molecule has 10 unspecified atom stereocenters. The fourth-order valence-corrected chi connectivity index (χ4v) is 9.17. The predicted octanol–water partition coefficient (Wildman–Crippen LogP) is 2.68. The van der Waals surface area contributed by atoms with Crippen LogP contribution in [0.4, 0.5) is 0 Å². The summed E-state index contributed by atoms with van der Waals surface area (Å²) >= 11 is 0. The van der Waals surface area contributed by atoms with Crippen molar-refractivity contribution in [2.75, 3.05) is 27.8 Å². The molecular formula is C43H75NO16. The van der Waals surface area contributed by atoms with Crippen LogP contribution in [0, 0.1) is 23.7 Å². The largest absolute Gasteiger partial charge is 0.466 e. The number of methoxy groups -OCH3 is 1. The van der Waals surface area contributed by atoms with E-state index < -0.39 is 132 Å². The number of cyclic esters (lactones) is 1. The quantitative estimate of drug-likeness (QED) is 0.163. The SMILES string of the molecule is CCOC(=O)CCC(=O)O[C@H]1C(O[C@@H]2C(C)[C@H](O[C@H]3C[C@@](C)(OC)C(O)C(C)O3)C(C)C(=O)OC(CC)[C@@](C)(O)C(O)[C@H](C)C(=O)C(C)C[C@]2(C)O)OC(C)CC1N(C)C. The summed E-state index contributed by atoms with van der Waals surface area (Å²) in [5, 5.41) is 46.8. The highest BCUT2D eigenvalue weighted by molar-refractivity contribution is 5.83. The second kappa shape index (κ2) is 21.4. The molecule has 0 radical (unpaired) electrons. The number of hydrogen-bond acceptors (Lipinski definition) is 17. The summed E-state index contributed by atoms with van der Waals surface area (Å²) in [5.41, 5.74) is -5.06. The number of aliphatic hydroxyl groups is 4. The molecule has 17 heteroatoms. The molecule has 0 saturated carbocycles. The van der Waals surface area contributed by atoms with Crippen LogP contribution in [-0.2, 0) is 57.1 Å². The van der Waals surface area contributed by atoms with Crippen molar-refractivity contribution in [2.45, 2.75) is 199 Å². The van der Waals surface area contributed by atoms with E-state index in [-0.39, 0.29) is 38.7 Å². The van der Waals surface area contributed by atoms with Crippen LogP contribution >= 0.6 is 0 Å². The number of nitrogens with zero attached hydrogens (tertiary/aromatic N) is 1. The predicted molar refractivity (Wildman–Crippen MR) is 216 cm³/mol. The van der Waals surface area contributed by atoms with Gasteiger partial charge in [-0.15, -0.1) is 0 Å². The fraction of sp³-hybridized carbons (Fsp3) is 0.907. The lowest BCUT2D eigenvalue weighted by atomic mass is 9.74. The maximum absolute atomic E-state index is 14.3. The molecule has 0 aromatic carbocycles. The van der Waals surface area contributed by atoms with E-state index in [0.717, 1.165) is 0 Å². The maximum Gasteiger partial charge on any atom is 0.311 e. The molecule has 3 rings (SSSR count). The van der Waals surface area contributed by atoms with Gasteiger partial charge in [-0.05, 0) is 81.8 Å². The van der Waals surface area contributed by atoms with Crippen LogP contribution in [0.5, 0.6) is 0 Å². The molecule has 0 aromatic rings. The smallest absolute Gasteiger partial charge is 0.311 e. The monoisotopic (exact) mass is 862 g/mol. The number of Topliss-reactive ketones (excluding diaryl/α,β-unsaturated/α-hetero) is 1. The van der Waals surface area contributed by atoms with Crippen LogP contribution in [0.2, 0.25) is 0 Å². The summed E-state index contributed by atoms with van der Waals surface area (Å²) in [6.45, 7) is 17.9. The lowest BCUT2D eigenvalue weighted by Gasteiger charge is -2.49. The van der Waals surface area contributed by atoms with Crippen molar-refractivity contribution < 1.29 is 77.5 Å². The highest BCUT2D eigenvalue weighted by Gasteiger charge is 2.54. The number of ketones is 1. The Morgan fingerprint density at radius 3 is 2.03 bits per heavy atom. The van der Waals surface area contributed by atoms with E-state index in [1.54, 1.807) is 48.5 Å². The first-order valence-corrected chi connectivity index (χ1v) is 21.5. The highest BCUT2D eigenvalue weighted by atomic mass is 16.7. The average molecular weight is 862 g/mol. The normalized spacial score (nSPS) is 43.8. The third-order valence-electron chi connectivity index (χ3n) is 12.9. The van der Waals surface area contributed by atoms with E-state index in [9.17, 15) is 39.6 Å². The number of carbonyl (C=O) groups excluding carboxylic acids is 4. The molecule has 0 bridgehead atoms. The Morgan fingerprint density at radius 1 is 0.850 bits per heavy atom. The van der Waals surface area contributed by atoms with Gasteiger partial charge in [-0.2, -0.15) is 0 Å². The zero-order valence-corrected chi connectivity index (χ0v) is 38.2. The Balaban J connectivity index is 2.22. The molecular weight excluding hydrogens is 786 g/mol. The lowest BCUT2D eigenvalue weighted by Crippen LogP contribution is -2.61. The molecule has 0 amide bonds. The van der Waals surface area contributed by atoms with Gasteiger partial charge in [0.25, 0.3) is 0 Å². The number of hydrogen-bond donors (Lipinski definition) is 4. The minimum atomic E-state index is -2.04. The van der Waals surface area contributed by atoms with E-state index in [1.165, 1.54) is 27.9 Å². The van der Waals surface area contributed by atoms with E-state index >= 15 is 0 Å². The van der Waals surface area contributed by atoms with Crippen LogP contribution in [-0.4, -0.2) is 161 Å². The van der Waals surface area contributed by atoms with Gasteiger partial charge in [-0.3, -0.25) is 19.2 Å². The van der Waals surface area contributed by atoms with Gasteiger partial charge < -0.3 is 63.2 Å². The van der Waals surface area contributed by atoms with Crippen LogP contribution < -0.4 is 0 Å². The van der Waals surface area contributed by atoms with Crippen molar-refractivity contribution in [1.82, 2.24) is 4.90 Å². The Bertz CT molecular complexity index is 1440. The van der Waals surface area contributed by atoms with E-state index in [1.807, 2.05) is 25.9 Å². The zero-order valence-electron chi connectivity index (χ0n) is 38.2. The summed E-state index contributed by atoms with van der Waals surface area (Å²) in [4.78, 5) is 55.6. The summed E-state index contributed by atoms with van der Waals surface area (Å²) in [7, 11) is 5.09. The number of carbonyl (C=O) groups is 4. The first kappa shape index (κ1) is 52.0. The van der Waals surface area contributed by atoms with Gasteiger partial charge in [-0.25, -0.2) is 0 Å². The van der Waals surface area contributed by atoms with Gasteiger partial charge in [-0.1, -0.05) is 27.7 Å². The zero-order chi connectivity index (χ0) is 45.7. The first-order valence-electron chi connectivity index (χ1n) is 21.5. The third-order valence-corrected chi connectivity index (χ3v) is 12.9. The molecule has 3 saturated heterocycles. The minimum Gasteiger partial charge on any atom is -0.466 e. The second-order valence-electron chi connectivity index (χ2n) is 18.2. The summed E-state index contributed by atoms with van der Waals surface area (Å²) < 4.78 is 48.8. The standard InChI is InChI=1S/C43H75NO16/c1-15-29-43(11,52)36(48)24(5)33(47)22(3)20-41(9,51)38(25(6)34(26(7)39(50)57-29)59-32-21-42(10,53-14)37(49)27(8)56-32)60-40-35(28(44(12)13)19-23(4)55-40)58-31(46)18-17-30(45)54-16-2/h22-29,32,34-38,40,48-49,51-52H,15-21H2,1-14H3/t22?,23?,24-,25?,26?,27?,28?,29?,32+,34+,35-,36?,37?,38-,40?,41+,42-,43-/m1/s1. The summed E-state index contributed by atoms with van der Waals surface area (Å²) in [6.07, 6.45) is -11.1. The van der Waals surface area contributed by atoms with Gasteiger partial charge in [0.05, 0.1) is 73.1 Å². The molecule has 0 aromatic heterocycles. The second-order valence-corrected chi connectivity index (χ2v) is 18.2. The fourth-order valence-electron chi connectivity index (χ4n) is 9.17. The molecule has 18 atom stereocenters. The minimum absolute atomic E-state index is 0.0431. The molecule has 17 nitrogen and oxygen atoms in total. The summed E-state index contributed by atoms with van der Waals surface area (Å²) in [5.74, 6) is -6.64. The van der Waals surface area contributed by atoms with Crippen molar-refractivity contribution in [3.63, 3.8) is 0 Å². The third kappa shape index (κ3) is 12.2. The molecule has 3 aliphatic rings. The van der Waals surface area contributed by atoms with Crippen LogP contribution in [0.3, 0.4) is 0 Å². The maximum atomic E-state index is 14.3. The molecule has 4 N–H and O–H groups in total. The van der Waals surface area contributed by atoms with Crippen molar-refractivity contribution in [2.24, 2.45) is 23.7 Å². The Kier molecular flexibility index (Phi) is 18.5. The molecule has 3 fully saturated rings. The van der Waals surface area contributed by atoms with Crippen molar-refractivity contribution in [3.05, 3.63) is 0 Å². The number of esters is 3. The first-order chi connectivity index (χ1) is 27.8. The Morgan fingerprint density at radius 2 is 1.47 bits per heavy atom. The molecule has 0 aliphatic carbocycles. The Hall–Kier alpha value is -2.32. The van der Waals surface area contributed by atoms with E-state index in [4.69, 9.17) is 37.9 Å². The van der Waals surface area contributed by atoms with Crippen molar-refractivity contribution in [1.29, 1.82) is 0 Å². The number of rotatable bonds is 12. The van der Waals surface area contributed by atoms with Gasteiger partial charge >= 0.3 is 17.9 Å². The topological polar surface area (TPSA) is 226 Å².